The molecule has 1 fully saturated rings. The average molecular weight is 249 g/mol. The van der Waals surface area contributed by atoms with E-state index >= 15 is 0 Å². The van der Waals surface area contributed by atoms with E-state index in [1.165, 1.54) is 10.5 Å². The van der Waals surface area contributed by atoms with Crippen LogP contribution in [0.15, 0.2) is 30.3 Å². The molecule has 1 aromatic carbocycles. The zero-order valence-electron chi connectivity index (χ0n) is 10.8. The summed E-state index contributed by atoms with van der Waals surface area (Å²) in [6.45, 7) is 1.27. The summed E-state index contributed by atoms with van der Waals surface area (Å²) < 4.78 is 10.9. The van der Waals surface area contributed by atoms with Gasteiger partial charge in [0.05, 0.1) is 13.2 Å². The number of benzene rings is 1. The first-order valence-electron chi connectivity index (χ1n) is 6.16. The van der Waals surface area contributed by atoms with Crippen LogP contribution in [0.5, 0.6) is 0 Å². The molecule has 0 aliphatic heterocycles. The van der Waals surface area contributed by atoms with Gasteiger partial charge in [0, 0.05) is 20.0 Å². The van der Waals surface area contributed by atoms with Gasteiger partial charge in [-0.15, -0.1) is 0 Å². The molecule has 4 nitrogen and oxygen atoms in total. The van der Waals surface area contributed by atoms with Crippen molar-refractivity contribution in [3.63, 3.8) is 0 Å². The number of nitrogens with zero attached hydrogens (tertiary/aromatic N) is 1. The van der Waals surface area contributed by atoms with Gasteiger partial charge >= 0.3 is 6.09 Å². The maximum absolute atomic E-state index is 11.3. The molecule has 1 amide bonds. The number of ether oxygens (including phenoxy) is 2. The highest BCUT2D eigenvalue weighted by Gasteiger charge is 2.41. The van der Waals surface area contributed by atoms with Crippen molar-refractivity contribution >= 4 is 6.09 Å². The van der Waals surface area contributed by atoms with Gasteiger partial charge in [0.1, 0.15) is 6.10 Å². The topological polar surface area (TPSA) is 38.8 Å². The van der Waals surface area contributed by atoms with Crippen molar-refractivity contribution in [2.24, 2.45) is 5.92 Å². The Kier molecular flexibility index (Phi) is 4.20. The predicted molar refractivity (Wildman–Crippen MR) is 68.2 cm³/mol. The van der Waals surface area contributed by atoms with Crippen molar-refractivity contribution in [1.29, 1.82) is 0 Å². The highest BCUT2D eigenvalue weighted by Crippen LogP contribution is 2.34. The van der Waals surface area contributed by atoms with Crippen LogP contribution in [0.4, 0.5) is 4.79 Å². The molecule has 0 radical (unpaired) electrons. The van der Waals surface area contributed by atoms with Crippen molar-refractivity contribution in [1.82, 2.24) is 4.90 Å². The van der Waals surface area contributed by atoms with Crippen molar-refractivity contribution < 1.29 is 14.3 Å². The molecular formula is C14H19NO3. The van der Waals surface area contributed by atoms with Crippen molar-refractivity contribution in [2.75, 3.05) is 20.7 Å². The summed E-state index contributed by atoms with van der Waals surface area (Å²) in [7, 11) is 3.37. The van der Waals surface area contributed by atoms with Crippen molar-refractivity contribution in [3.05, 3.63) is 35.9 Å². The van der Waals surface area contributed by atoms with Gasteiger partial charge in [-0.1, -0.05) is 30.3 Å². The smallest absolute Gasteiger partial charge is 0.409 e. The first-order chi connectivity index (χ1) is 8.66. The molecule has 1 aromatic rings. The average Bonchev–Trinajstić information content (AvgIpc) is 3.08. The van der Waals surface area contributed by atoms with E-state index < -0.39 is 0 Å². The summed E-state index contributed by atoms with van der Waals surface area (Å²) >= 11 is 0. The fraction of sp³-hybridized carbons (Fsp3) is 0.500. The molecule has 1 aliphatic rings. The largest absolute Gasteiger partial charge is 0.446 e. The van der Waals surface area contributed by atoms with Crippen LogP contribution in [0, 0.1) is 5.92 Å². The summed E-state index contributed by atoms with van der Waals surface area (Å²) in [4.78, 5) is 12.7. The second kappa shape index (κ2) is 5.87. The third-order valence-corrected chi connectivity index (χ3v) is 2.92. The minimum atomic E-state index is -0.273. The van der Waals surface area contributed by atoms with Crippen LogP contribution in [-0.2, 0) is 16.1 Å². The van der Waals surface area contributed by atoms with Gasteiger partial charge in [-0.2, -0.15) is 0 Å². The Bertz CT molecular complexity index is 391. The van der Waals surface area contributed by atoms with Gasteiger partial charge in [-0.05, 0) is 12.0 Å². The molecule has 1 aliphatic carbocycles. The highest BCUT2D eigenvalue weighted by molar-refractivity contribution is 5.67. The third kappa shape index (κ3) is 3.74. The van der Waals surface area contributed by atoms with Crippen LogP contribution < -0.4 is 0 Å². The number of hydrogen-bond acceptors (Lipinski definition) is 3. The molecule has 2 atom stereocenters. The molecule has 2 rings (SSSR count). The second-order valence-corrected chi connectivity index (χ2v) is 4.81. The zero-order valence-corrected chi connectivity index (χ0v) is 10.8. The van der Waals surface area contributed by atoms with Gasteiger partial charge in [0.25, 0.3) is 0 Å². The Hall–Kier alpha value is -1.55. The van der Waals surface area contributed by atoms with Crippen LogP contribution in [0.3, 0.4) is 0 Å². The SMILES string of the molecule is CN(C)C(=O)O[C@@H]1C[C@H]1COCc1ccccc1. The lowest BCUT2D eigenvalue weighted by molar-refractivity contribution is 0.0777. The van der Waals surface area contributed by atoms with Gasteiger partial charge < -0.3 is 14.4 Å². The summed E-state index contributed by atoms with van der Waals surface area (Å²) in [6, 6.07) is 10.1. The van der Waals surface area contributed by atoms with Crippen LogP contribution in [0.25, 0.3) is 0 Å². The first-order valence-corrected chi connectivity index (χ1v) is 6.16. The standard InChI is InChI=1S/C14H19NO3/c1-15(2)14(16)18-13-8-12(13)10-17-9-11-6-4-3-5-7-11/h3-7,12-13H,8-10H2,1-2H3/t12-,13+/m0/s1. The monoisotopic (exact) mass is 249 g/mol. The van der Waals surface area contributed by atoms with E-state index in [1.807, 2.05) is 30.3 Å². The van der Waals surface area contributed by atoms with Crippen LogP contribution in [-0.4, -0.2) is 37.8 Å². The fourth-order valence-corrected chi connectivity index (χ4v) is 1.68. The van der Waals surface area contributed by atoms with E-state index in [9.17, 15) is 4.79 Å². The molecule has 18 heavy (non-hydrogen) atoms. The lowest BCUT2D eigenvalue weighted by Gasteiger charge is -2.10. The van der Waals surface area contributed by atoms with Crippen LogP contribution >= 0.6 is 0 Å². The third-order valence-electron chi connectivity index (χ3n) is 2.92. The minimum Gasteiger partial charge on any atom is -0.446 e. The minimum absolute atomic E-state index is 0.0377. The molecule has 0 unspecified atom stereocenters. The van der Waals surface area contributed by atoms with E-state index in [1.54, 1.807) is 14.1 Å². The first kappa shape index (κ1) is 12.9. The maximum atomic E-state index is 11.3. The molecule has 0 spiro atoms. The summed E-state index contributed by atoms with van der Waals surface area (Å²) in [5, 5.41) is 0. The molecule has 1 saturated carbocycles. The van der Waals surface area contributed by atoms with Crippen LogP contribution in [0.2, 0.25) is 0 Å². The lowest BCUT2D eigenvalue weighted by atomic mass is 10.2. The van der Waals surface area contributed by atoms with Crippen molar-refractivity contribution in [3.8, 4) is 0 Å². The normalized spacial score (nSPS) is 21.4. The Balaban J connectivity index is 1.61. The van der Waals surface area contributed by atoms with E-state index in [0.29, 0.717) is 19.1 Å². The van der Waals surface area contributed by atoms with Crippen LogP contribution in [0.1, 0.15) is 12.0 Å². The molecular weight excluding hydrogens is 230 g/mol. The molecule has 0 heterocycles. The number of amides is 1. The quantitative estimate of drug-likeness (QED) is 0.803. The molecule has 98 valence electrons. The second-order valence-electron chi connectivity index (χ2n) is 4.81. The number of hydrogen-bond donors (Lipinski definition) is 0. The molecule has 0 saturated heterocycles. The van der Waals surface area contributed by atoms with Gasteiger partial charge in [-0.25, -0.2) is 4.79 Å². The highest BCUT2D eigenvalue weighted by atomic mass is 16.6. The maximum Gasteiger partial charge on any atom is 0.409 e. The summed E-state index contributed by atoms with van der Waals surface area (Å²) in [5.41, 5.74) is 1.17. The zero-order chi connectivity index (χ0) is 13.0. The molecule has 0 aromatic heterocycles. The van der Waals surface area contributed by atoms with Crippen molar-refractivity contribution in [2.45, 2.75) is 19.1 Å². The van der Waals surface area contributed by atoms with Gasteiger partial charge in [-0.3, -0.25) is 0 Å². The number of rotatable bonds is 5. The predicted octanol–water partition coefficient (Wildman–Crippen LogP) is 2.29. The molecule has 0 bridgehead atoms. The Labute approximate surface area is 107 Å². The van der Waals surface area contributed by atoms with Gasteiger partial charge in [0.15, 0.2) is 0 Å². The lowest BCUT2D eigenvalue weighted by Crippen LogP contribution is -2.24. The van der Waals surface area contributed by atoms with E-state index in [2.05, 4.69) is 0 Å². The Morgan fingerprint density at radius 2 is 2.06 bits per heavy atom. The number of carbonyl (C=O) groups is 1. The summed E-state index contributed by atoms with van der Waals surface area (Å²) in [5.74, 6) is 0.359. The Morgan fingerprint density at radius 1 is 1.33 bits per heavy atom. The Morgan fingerprint density at radius 3 is 2.72 bits per heavy atom. The molecule has 4 heteroatoms. The van der Waals surface area contributed by atoms with E-state index in [0.717, 1.165) is 6.42 Å². The van der Waals surface area contributed by atoms with E-state index in [4.69, 9.17) is 9.47 Å². The fourth-order valence-electron chi connectivity index (χ4n) is 1.68. The molecule has 0 N–H and O–H groups in total. The van der Waals surface area contributed by atoms with E-state index in [-0.39, 0.29) is 12.2 Å². The number of carbonyl (C=O) groups excluding carboxylic acids is 1. The summed E-state index contributed by atoms with van der Waals surface area (Å²) in [6.07, 6.45) is 0.676. The van der Waals surface area contributed by atoms with Gasteiger partial charge in [0.2, 0.25) is 0 Å².